The molecule has 6 aromatic heterocycles. The number of H-pyrrole nitrogens is 1. The van der Waals surface area contributed by atoms with Crippen LogP contribution >= 0.6 is 0 Å². The molecular formula is C27H22N8O. The van der Waals surface area contributed by atoms with Crippen molar-refractivity contribution in [2.24, 2.45) is 0 Å². The van der Waals surface area contributed by atoms with Crippen molar-refractivity contribution in [3.63, 3.8) is 0 Å². The Morgan fingerprint density at radius 2 is 2.00 bits per heavy atom. The van der Waals surface area contributed by atoms with Gasteiger partial charge in [0.15, 0.2) is 0 Å². The number of nitrogens with one attached hydrogen (secondary N) is 1. The third kappa shape index (κ3) is 3.28. The van der Waals surface area contributed by atoms with Crippen molar-refractivity contribution in [2.75, 3.05) is 6.54 Å². The topological polar surface area (TPSA) is 97.0 Å². The Kier molecular flexibility index (Phi) is 4.50. The number of nitrogens with zero attached hydrogens (tertiary/aromatic N) is 7. The molecule has 0 spiro atoms. The fourth-order valence-corrected chi connectivity index (χ4v) is 5.00. The molecule has 36 heavy (non-hydrogen) atoms. The van der Waals surface area contributed by atoms with Crippen LogP contribution in [0.3, 0.4) is 0 Å². The summed E-state index contributed by atoms with van der Waals surface area (Å²) in [5.41, 5.74) is 7.29. The average molecular weight is 475 g/mol. The highest BCUT2D eigenvalue weighted by Crippen LogP contribution is 2.32. The molecule has 0 unspecified atom stereocenters. The van der Waals surface area contributed by atoms with Gasteiger partial charge >= 0.3 is 0 Å². The van der Waals surface area contributed by atoms with Crippen LogP contribution in [0.2, 0.25) is 0 Å². The first-order chi connectivity index (χ1) is 17.6. The van der Waals surface area contributed by atoms with Crippen molar-refractivity contribution in [3.05, 3.63) is 90.8 Å². The van der Waals surface area contributed by atoms with Gasteiger partial charge in [0.25, 0.3) is 5.91 Å². The van der Waals surface area contributed by atoms with E-state index in [0.717, 1.165) is 56.9 Å². The van der Waals surface area contributed by atoms with Crippen LogP contribution in [0.25, 0.3) is 38.8 Å². The zero-order valence-electron chi connectivity index (χ0n) is 19.6. The molecule has 6 aromatic rings. The number of pyridine rings is 3. The summed E-state index contributed by atoms with van der Waals surface area (Å²) in [7, 11) is 0. The molecule has 0 radical (unpaired) electrons. The van der Waals surface area contributed by atoms with Crippen LogP contribution in [-0.2, 0) is 13.1 Å². The predicted molar refractivity (Wildman–Crippen MR) is 135 cm³/mol. The Morgan fingerprint density at radius 1 is 1.06 bits per heavy atom. The van der Waals surface area contributed by atoms with E-state index < -0.39 is 0 Å². The first-order valence-electron chi connectivity index (χ1n) is 11.8. The van der Waals surface area contributed by atoms with Gasteiger partial charge in [-0.15, -0.1) is 0 Å². The molecular weight excluding hydrogens is 452 g/mol. The van der Waals surface area contributed by atoms with Crippen molar-refractivity contribution >= 4 is 22.5 Å². The Labute approximate surface area is 206 Å². The smallest absolute Gasteiger partial charge is 0.255 e. The Morgan fingerprint density at radius 3 is 2.89 bits per heavy atom. The lowest BCUT2D eigenvalue weighted by molar-refractivity contribution is 0.0707. The second-order valence-electron chi connectivity index (χ2n) is 9.09. The quantitative estimate of drug-likeness (QED) is 0.417. The van der Waals surface area contributed by atoms with E-state index in [1.807, 2.05) is 71.6 Å². The maximum atomic E-state index is 13.4. The van der Waals surface area contributed by atoms with Gasteiger partial charge in [0.05, 0.1) is 29.5 Å². The molecule has 1 amide bonds. The zero-order valence-corrected chi connectivity index (χ0v) is 19.6. The molecule has 0 fully saturated rings. The van der Waals surface area contributed by atoms with Crippen molar-refractivity contribution in [1.82, 2.24) is 39.0 Å². The predicted octanol–water partition coefficient (Wildman–Crippen LogP) is 4.10. The van der Waals surface area contributed by atoms with E-state index in [1.165, 1.54) is 0 Å². The van der Waals surface area contributed by atoms with Gasteiger partial charge < -0.3 is 14.5 Å². The van der Waals surface area contributed by atoms with E-state index in [0.29, 0.717) is 18.7 Å². The fourth-order valence-electron chi connectivity index (χ4n) is 5.00. The minimum Gasteiger partial charge on any atom is -0.346 e. The molecule has 1 aliphatic heterocycles. The van der Waals surface area contributed by atoms with Crippen LogP contribution in [0.1, 0.15) is 21.9 Å². The van der Waals surface area contributed by atoms with E-state index in [2.05, 4.69) is 35.7 Å². The molecule has 7 rings (SSSR count). The van der Waals surface area contributed by atoms with Crippen LogP contribution in [0.15, 0.2) is 73.7 Å². The van der Waals surface area contributed by atoms with E-state index >= 15 is 0 Å². The number of aryl methyl sites for hydroxylation is 1. The second kappa shape index (κ2) is 7.88. The number of hydrogen-bond donors (Lipinski definition) is 1. The summed E-state index contributed by atoms with van der Waals surface area (Å²) in [6.07, 6.45) is 13.0. The monoisotopic (exact) mass is 474 g/mol. The summed E-state index contributed by atoms with van der Waals surface area (Å²) in [6, 6.07) is 10.0. The van der Waals surface area contributed by atoms with E-state index in [1.54, 1.807) is 12.4 Å². The van der Waals surface area contributed by atoms with Crippen molar-refractivity contribution < 1.29 is 4.79 Å². The Hall–Kier alpha value is -4.79. The molecule has 7 heterocycles. The Balaban J connectivity index is 1.26. The minimum atomic E-state index is -0.0337. The largest absolute Gasteiger partial charge is 0.346 e. The third-order valence-corrected chi connectivity index (χ3v) is 6.79. The molecule has 0 aliphatic carbocycles. The van der Waals surface area contributed by atoms with Gasteiger partial charge in [-0.25, -0.2) is 14.5 Å². The minimum absolute atomic E-state index is 0.0337. The summed E-state index contributed by atoms with van der Waals surface area (Å²) in [5, 5.41) is 5.40. The van der Waals surface area contributed by atoms with Gasteiger partial charge in [-0.05, 0) is 36.8 Å². The number of rotatable bonds is 3. The fraction of sp³-hybridized carbons (Fsp3) is 0.148. The van der Waals surface area contributed by atoms with Crippen LogP contribution in [0.4, 0.5) is 0 Å². The number of aromatic amines is 1. The highest BCUT2D eigenvalue weighted by molar-refractivity contribution is 6.01. The number of fused-ring (bicyclic) bond motifs is 3. The summed E-state index contributed by atoms with van der Waals surface area (Å²) in [5.74, 6) is 0.885. The zero-order chi connectivity index (χ0) is 24.2. The molecule has 9 heteroatoms. The van der Waals surface area contributed by atoms with Gasteiger partial charge in [-0.1, -0.05) is 6.07 Å². The van der Waals surface area contributed by atoms with Crippen LogP contribution < -0.4 is 0 Å². The first-order valence-corrected chi connectivity index (χ1v) is 11.8. The van der Waals surface area contributed by atoms with Crippen LogP contribution in [-0.4, -0.2) is 51.5 Å². The third-order valence-electron chi connectivity index (χ3n) is 6.79. The lowest BCUT2D eigenvalue weighted by Crippen LogP contribution is -2.38. The summed E-state index contributed by atoms with van der Waals surface area (Å²) >= 11 is 0. The Bertz CT molecular complexity index is 1760. The average Bonchev–Trinajstić information content (AvgIpc) is 3.63. The van der Waals surface area contributed by atoms with Gasteiger partial charge in [0.1, 0.15) is 11.5 Å². The number of aromatic nitrogens is 7. The van der Waals surface area contributed by atoms with Gasteiger partial charge in [0, 0.05) is 72.3 Å². The van der Waals surface area contributed by atoms with Crippen LogP contribution in [0.5, 0.6) is 0 Å². The van der Waals surface area contributed by atoms with E-state index in [4.69, 9.17) is 0 Å². The first kappa shape index (κ1) is 20.6. The SMILES string of the molecule is Cc1cn2c(n1)CN(C(=O)c1cnc3[nH]cc(-c4ccn5ncc(-c6cccnc6)c5c4)c3c1)CC2. The van der Waals surface area contributed by atoms with Gasteiger partial charge in [0.2, 0.25) is 0 Å². The van der Waals surface area contributed by atoms with Crippen LogP contribution in [0, 0.1) is 6.92 Å². The number of amides is 1. The second-order valence-corrected chi connectivity index (χ2v) is 9.09. The maximum absolute atomic E-state index is 13.4. The number of carbonyl (C=O) groups excluding carboxylic acids is 1. The molecule has 0 saturated carbocycles. The van der Waals surface area contributed by atoms with Crippen molar-refractivity contribution in [3.8, 4) is 22.3 Å². The van der Waals surface area contributed by atoms with Gasteiger partial charge in [-0.2, -0.15) is 5.10 Å². The number of carbonyl (C=O) groups is 1. The van der Waals surface area contributed by atoms with Crippen molar-refractivity contribution in [2.45, 2.75) is 20.0 Å². The molecule has 0 atom stereocenters. The highest BCUT2D eigenvalue weighted by atomic mass is 16.2. The lowest BCUT2D eigenvalue weighted by Gasteiger charge is -2.27. The summed E-state index contributed by atoms with van der Waals surface area (Å²) in [4.78, 5) is 31.9. The van der Waals surface area contributed by atoms with Gasteiger partial charge in [-0.3, -0.25) is 9.78 Å². The standard InChI is InChI=1S/C27H22N8O/c1-17-15-33-7-8-34(16-25(33)32-17)27(36)20-9-21-22(13-30-26(21)29-12-20)18-4-6-35-24(10-18)23(14-31-35)19-3-2-5-28-11-19/h2-6,9-15H,7-8,16H2,1H3,(H,29,30). The normalized spacial score (nSPS) is 13.4. The highest BCUT2D eigenvalue weighted by Gasteiger charge is 2.24. The van der Waals surface area contributed by atoms with E-state index in [-0.39, 0.29) is 5.91 Å². The number of hydrogen-bond acceptors (Lipinski definition) is 5. The number of imidazole rings is 1. The summed E-state index contributed by atoms with van der Waals surface area (Å²) < 4.78 is 3.98. The molecule has 176 valence electrons. The maximum Gasteiger partial charge on any atom is 0.255 e. The molecule has 1 N–H and O–H groups in total. The molecule has 9 nitrogen and oxygen atoms in total. The van der Waals surface area contributed by atoms with E-state index in [9.17, 15) is 4.79 Å². The molecule has 0 saturated heterocycles. The summed E-state index contributed by atoms with van der Waals surface area (Å²) in [6.45, 7) is 3.87. The van der Waals surface area contributed by atoms with Crippen molar-refractivity contribution in [1.29, 1.82) is 0 Å². The molecule has 0 aromatic carbocycles. The molecule has 0 bridgehead atoms. The lowest BCUT2D eigenvalue weighted by atomic mass is 10.0. The molecule has 1 aliphatic rings.